The zero-order chi connectivity index (χ0) is 25.3. The smallest absolute Gasteiger partial charge is 0.316 e. The predicted octanol–water partition coefficient (Wildman–Crippen LogP) is 5.56. The number of nitrogens with zero attached hydrogens (tertiary/aromatic N) is 2. The molecule has 0 spiro atoms. The summed E-state index contributed by atoms with van der Waals surface area (Å²) >= 11 is 3.60. The van der Waals surface area contributed by atoms with E-state index in [1.165, 1.54) is 7.11 Å². The normalized spacial score (nSPS) is 12.3. The fourth-order valence-electron chi connectivity index (χ4n) is 3.31. The van der Waals surface area contributed by atoms with Crippen LogP contribution in [0.3, 0.4) is 0 Å². The average molecular weight is 552 g/mol. The Labute approximate surface area is 211 Å². The Balaban J connectivity index is 2.40. The Kier molecular flexibility index (Phi) is 10.7. The molecule has 34 heavy (non-hydrogen) atoms. The minimum absolute atomic E-state index is 0.185. The van der Waals surface area contributed by atoms with Crippen LogP contribution >= 0.6 is 15.9 Å². The minimum Gasteiger partial charge on any atom is -0.469 e. The maximum atomic E-state index is 12.7. The molecule has 7 nitrogen and oxygen atoms in total. The summed E-state index contributed by atoms with van der Waals surface area (Å²) in [4.78, 5) is 29.2. The van der Waals surface area contributed by atoms with Crippen LogP contribution in [0.2, 0.25) is 25.7 Å². The van der Waals surface area contributed by atoms with Gasteiger partial charge in [-0.3, -0.25) is 9.59 Å². The number of carbonyl (C=O) groups excluding carboxylic acids is 2. The van der Waals surface area contributed by atoms with Gasteiger partial charge in [0.15, 0.2) is 0 Å². The monoisotopic (exact) mass is 550 g/mol. The van der Waals surface area contributed by atoms with E-state index in [0.29, 0.717) is 31.2 Å². The van der Waals surface area contributed by atoms with Crippen molar-refractivity contribution >= 4 is 35.9 Å². The van der Waals surface area contributed by atoms with Crippen molar-refractivity contribution in [2.45, 2.75) is 58.1 Å². The lowest BCUT2D eigenvalue weighted by atomic mass is 10.0. The Bertz CT molecular complexity index is 1000. The van der Waals surface area contributed by atoms with Gasteiger partial charge in [-0.25, -0.2) is 4.98 Å². The quantitative estimate of drug-likeness (QED) is 0.140. The van der Waals surface area contributed by atoms with Crippen molar-refractivity contribution in [3.63, 3.8) is 0 Å². The molecule has 0 saturated heterocycles. The number of ether oxygens (including phenoxy) is 3. The molecule has 1 heterocycles. The van der Waals surface area contributed by atoms with Crippen molar-refractivity contribution in [2.75, 3.05) is 20.3 Å². The first kappa shape index (κ1) is 28.0. The number of allylic oxidation sites excluding steroid dienone is 1. The van der Waals surface area contributed by atoms with Crippen molar-refractivity contribution in [3.05, 3.63) is 52.9 Å². The summed E-state index contributed by atoms with van der Waals surface area (Å²) in [5.74, 6) is -0.644. The summed E-state index contributed by atoms with van der Waals surface area (Å²) < 4.78 is 18.7. The van der Waals surface area contributed by atoms with Crippen LogP contribution in [0.4, 0.5) is 0 Å². The summed E-state index contributed by atoms with van der Waals surface area (Å²) in [5, 5.41) is 0. The van der Waals surface area contributed by atoms with Crippen LogP contribution in [0.1, 0.15) is 30.7 Å². The molecule has 0 aliphatic carbocycles. The summed E-state index contributed by atoms with van der Waals surface area (Å²) in [6.07, 6.45) is 4.18. The SMILES string of the molecule is C=CCC(C(=O)OCC)c1nc(-c2ccc(CC(=O)OC)cc2Br)cn1COCC[Si](C)(C)C. The van der Waals surface area contributed by atoms with E-state index in [4.69, 9.17) is 19.2 Å². The molecule has 1 aromatic carbocycles. The van der Waals surface area contributed by atoms with Crippen LogP contribution in [-0.4, -0.2) is 49.9 Å². The molecule has 9 heteroatoms. The second kappa shape index (κ2) is 13.0. The van der Waals surface area contributed by atoms with E-state index in [-0.39, 0.29) is 25.1 Å². The molecule has 2 rings (SSSR count). The number of halogens is 1. The van der Waals surface area contributed by atoms with Gasteiger partial charge in [0, 0.05) is 30.9 Å². The van der Waals surface area contributed by atoms with Crippen LogP contribution in [0.15, 0.2) is 41.5 Å². The van der Waals surface area contributed by atoms with Gasteiger partial charge in [-0.1, -0.05) is 53.8 Å². The van der Waals surface area contributed by atoms with Crippen LogP contribution in [0.5, 0.6) is 0 Å². The van der Waals surface area contributed by atoms with Crippen molar-refractivity contribution in [1.82, 2.24) is 9.55 Å². The van der Waals surface area contributed by atoms with E-state index in [2.05, 4.69) is 42.1 Å². The molecule has 1 atom stereocenters. The van der Waals surface area contributed by atoms with E-state index in [0.717, 1.165) is 21.6 Å². The molecule has 1 aromatic heterocycles. The second-order valence-corrected chi connectivity index (χ2v) is 15.7. The molecule has 0 radical (unpaired) electrons. The third-order valence-electron chi connectivity index (χ3n) is 5.20. The zero-order valence-electron chi connectivity index (χ0n) is 20.7. The highest BCUT2D eigenvalue weighted by molar-refractivity contribution is 9.10. The van der Waals surface area contributed by atoms with E-state index in [1.54, 1.807) is 13.0 Å². The lowest BCUT2D eigenvalue weighted by Gasteiger charge is -2.18. The number of aromatic nitrogens is 2. The fourth-order valence-corrected chi connectivity index (χ4v) is 4.70. The van der Waals surface area contributed by atoms with E-state index < -0.39 is 14.0 Å². The van der Waals surface area contributed by atoms with Gasteiger partial charge in [0.2, 0.25) is 0 Å². The second-order valence-electron chi connectivity index (χ2n) is 9.20. The third kappa shape index (κ3) is 8.21. The van der Waals surface area contributed by atoms with Gasteiger partial charge in [-0.15, -0.1) is 6.58 Å². The highest BCUT2D eigenvalue weighted by Gasteiger charge is 2.27. The standard InChI is InChI=1S/C25H35BrN2O5Si/c1-7-9-20(25(30)33-8-2)24-27-22(16-28(24)17-32-12-13-34(4,5)6)19-11-10-18(14-21(19)26)15-23(29)31-3/h7,10-11,14,16,20H,1,8-9,12-13,15,17H2,2-6H3. The molecule has 0 aliphatic rings. The number of hydrogen-bond donors (Lipinski definition) is 0. The number of rotatable bonds is 13. The number of imidazole rings is 1. The zero-order valence-corrected chi connectivity index (χ0v) is 23.3. The lowest BCUT2D eigenvalue weighted by Crippen LogP contribution is -2.23. The van der Waals surface area contributed by atoms with Gasteiger partial charge in [0.05, 0.1) is 25.8 Å². The maximum absolute atomic E-state index is 12.7. The average Bonchev–Trinajstić information content (AvgIpc) is 3.17. The maximum Gasteiger partial charge on any atom is 0.316 e. The molecule has 1 unspecified atom stereocenters. The molecular weight excluding hydrogens is 516 g/mol. The first-order valence-corrected chi connectivity index (χ1v) is 15.9. The van der Waals surface area contributed by atoms with Gasteiger partial charge in [0.1, 0.15) is 18.5 Å². The van der Waals surface area contributed by atoms with E-state index in [1.807, 2.05) is 29.0 Å². The number of hydrogen-bond acceptors (Lipinski definition) is 6. The van der Waals surface area contributed by atoms with Crippen LogP contribution in [-0.2, 0) is 37.0 Å². The van der Waals surface area contributed by atoms with Gasteiger partial charge in [-0.05, 0) is 31.0 Å². The molecule has 0 saturated carbocycles. The highest BCUT2D eigenvalue weighted by Crippen LogP contribution is 2.31. The Morgan fingerprint density at radius 3 is 2.62 bits per heavy atom. The Morgan fingerprint density at radius 1 is 1.29 bits per heavy atom. The van der Waals surface area contributed by atoms with Crippen molar-refractivity contribution in [1.29, 1.82) is 0 Å². The van der Waals surface area contributed by atoms with Gasteiger partial charge in [-0.2, -0.15) is 0 Å². The molecular formula is C25H35BrN2O5Si. The Hall–Kier alpha value is -2.23. The van der Waals surface area contributed by atoms with Gasteiger partial charge in [0.25, 0.3) is 0 Å². The van der Waals surface area contributed by atoms with Crippen molar-refractivity contribution in [3.8, 4) is 11.3 Å². The number of esters is 2. The number of carbonyl (C=O) groups is 2. The summed E-state index contributed by atoms with van der Waals surface area (Å²) in [6.45, 7) is 13.7. The van der Waals surface area contributed by atoms with Gasteiger partial charge >= 0.3 is 11.9 Å². The largest absolute Gasteiger partial charge is 0.469 e. The molecule has 0 N–H and O–H groups in total. The first-order valence-electron chi connectivity index (χ1n) is 11.4. The van der Waals surface area contributed by atoms with Crippen molar-refractivity contribution in [2.24, 2.45) is 0 Å². The van der Waals surface area contributed by atoms with Crippen LogP contribution < -0.4 is 0 Å². The van der Waals surface area contributed by atoms with Gasteiger partial charge < -0.3 is 18.8 Å². The summed E-state index contributed by atoms with van der Waals surface area (Å²) in [5.41, 5.74) is 2.36. The molecule has 0 amide bonds. The lowest BCUT2D eigenvalue weighted by molar-refractivity contribution is -0.145. The topological polar surface area (TPSA) is 79.6 Å². The Morgan fingerprint density at radius 2 is 2.03 bits per heavy atom. The first-order chi connectivity index (χ1) is 16.1. The molecule has 0 bridgehead atoms. The summed E-state index contributed by atoms with van der Waals surface area (Å²) in [6, 6.07) is 6.69. The van der Waals surface area contributed by atoms with E-state index in [9.17, 15) is 9.59 Å². The third-order valence-corrected chi connectivity index (χ3v) is 7.57. The van der Waals surface area contributed by atoms with Crippen molar-refractivity contribution < 1.29 is 23.8 Å². The van der Waals surface area contributed by atoms with Crippen LogP contribution in [0.25, 0.3) is 11.3 Å². The fraction of sp³-hybridized carbons (Fsp3) is 0.480. The number of methoxy groups -OCH3 is 1. The molecule has 2 aromatic rings. The minimum atomic E-state index is -1.22. The highest BCUT2D eigenvalue weighted by atomic mass is 79.9. The number of benzene rings is 1. The summed E-state index contributed by atoms with van der Waals surface area (Å²) in [7, 11) is 0.146. The van der Waals surface area contributed by atoms with Crippen LogP contribution in [0, 0.1) is 0 Å². The molecule has 186 valence electrons. The molecule has 0 fully saturated rings. The molecule has 0 aliphatic heterocycles. The predicted molar refractivity (Wildman–Crippen MR) is 139 cm³/mol. The van der Waals surface area contributed by atoms with E-state index >= 15 is 0 Å².